The van der Waals surface area contributed by atoms with Crippen molar-refractivity contribution in [1.29, 1.82) is 0 Å². The molecule has 1 aromatic heterocycles. The fraction of sp³-hybridized carbons (Fsp3) is 0.480. The number of rotatable bonds is 7. The summed E-state index contributed by atoms with van der Waals surface area (Å²) < 4.78 is 41.0. The van der Waals surface area contributed by atoms with Crippen LogP contribution in [0, 0.1) is 5.82 Å². The van der Waals surface area contributed by atoms with Crippen LogP contribution in [0.1, 0.15) is 50.1 Å². The molecule has 0 radical (unpaired) electrons. The zero-order valence-electron chi connectivity index (χ0n) is 18.8. The molecule has 0 spiro atoms. The molecular formula is C25H31FN4O2S. The second kappa shape index (κ2) is 9.52. The van der Waals surface area contributed by atoms with Crippen LogP contribution in [0.25, 0.3) is 22.0 Å². The van der Waals surface area contributed by atoms with Crippen LogP contribution < -0.4 is 5.32 Å². The predicted molar refractivity (Wildman–Crippen MR) is 129 cm³/mol. The Morgan fingerprint density at radius 1 is 1.03 bits per heavy atom. The van der Waals surface area contributed by atoms with Crippen molar-refractivity contribution in [3.05, 3.63) is 54.0 Å². The van der Waals surface area contributed by atoms with E-state index in [0.717, 1.165) is 53.4 Å². The first-order valence-corrected chi connectivity index (χ1v) is 13.6. The van der Waals surface area contributed by atoms with Gasteiger partial charge in [-0.2, -0.15) is 5.10 Å². The Bertz CT molecular complexity index is 1210. The molecule has 0 atom stereocenters. The minimum atomic E-state index is -3.25. The summed E-state index contributed by atoms with van der Waals surface area (Å²) in [5, 5.41) is 12.1. The van der Waals surface area contributed by atoms with E-state index >= 15 is 0 Å². The van der Waals surface area contributed by atoms with E-state index in [4.69, 9.17) is 0 Å². The molecule has 33 heavy (non-hydrogen) atoms. The van der Waals surface area contributed by atoms with Gasteiger partial charge in [0.05, 0.1) is 11.3 Å². The van der Waals surface area contributed by atoms with Crippen LogP contribution >= 0.6 is 0 Å². The SMILES string of the molecule is O=S(=O)(CCNC1CCCC1)N1CCC(c2[nH]nc3ccc(-c4cccc(F)c4)cc23)CC1. The molecule has 0 bridgehead atoms. The lowest BCUT2D eigenvalue weighted by Gasteiger charge is -2.31. The Morgan fingerprint density at radius 2 is 1.79 bits per heavy atom. The lowest BCUT2D eigenvalue weighted by atomic mass is 9.91. The first kappa shape index (κ1) is 22.5. The largest absolute Gasteiger partial charge is 0.313 e. The fourth-order valence-corrected chi connectivity index (χ4v) is 6.66. The van der Waals surface area contributed by atoms with Crippen LogP contribution in [0.5, 0.6) is 0 Å². The van der Waals surface area contributed by atoms with Crippen molar-refractivity contribution in [3.63, 3.8) is 0 Å². The highest BCUT2D eigenvalue weighted by atomic mass is 32.2. The van der Waals surface area contributed by atoms with Gasteiger partial charge in [0.15, 0.2) is 0 Å². The van der Waals surface area contributed by atoms with Gasteiger partial charge in [0.2, 0.25) is 10.0 Å². The molecule has 1 saturated carbocycles. The van der Waals surface area contributed by atoms with E-state index in [-0.39, 0.29) is 17.5 Å². The van der Waals surface area contributed by atoms with Crippen molar-refractivity contribution < 1.29 is 12.8 Å². The van der Waals surface area contributed by atoms with Gasteiger partial charge < -0.3 is 5.32 Å². The molecule has 2 fully saturated rings. The summed E-state index contributed by atoms with van der Waals surface area (Å²) in [5.74, 6) is 0.130. The van der Waals surface area contributed by atoms with Crippen molar-refractivity contribution in [2.75, 3.05) is 25.4 Å². The topological polar surface area (TPSA) is 78.1 Å². The Hall–Kier alpha value is -2.29. The quantitative estimate of drug-likeness (QED) is 0.536. The van der Waals surface area contributed by atoms with Gasteiger partial charge in [0.1, 0.15) is 5.82 Å². The molecule has 8 heteroatoms. The molecular weight excluding hydrogens is 439 g/mol. The van der Waals surface area contributed by atoms with E-state index in [1.54, 1.807) is 10.4 Å². The summed E-state index contributed by atoms with van der Waals surface area (Å²) in [5.41, 5.74) is 3.69. The van der Waals surface area contributed by atoms with Gasteiger partial charge in [-0.05, 0) is 61.1 Å². The number of hydrogen-bond donors (Lipinski definition) is 2. The zero-order valence-corrected chi connectivity index (χ0v) is 19.6. The van der Waals surface area contributed by atoms with E-state index < -0.39 is 10.0 Å². The monoisotopic (exact) mass is 470 g/mol. The van der Waals surface area contributed by atoms with Crippen LogP contribution in [0.3, 0.4) is 0 Å². The summed E-state index contributed by atoms with van der Waals surface area (Å²) in [4.78, 5) is 0. The summed E-state index contributed by atoms with van der Waals surface area (Å²) >= 11 is 0. The van der Waals surface area contributed by atoms with E-state index in [2.05, 4.69) is 21.6 Å². The van der Waals surface area contributed by atoms with Crippen LogP contribution in [0.4, 0.5) is 4.39 Å². The molecule has 1 aliphatic heterocycles. The van der Waals surface area contributed by atoms with Gasteiger partial charge in [-0.15, -0.1) is 0 Å². The minimum Gasteiger partial charge on any atom is -0.313 e. The number of nitrogens with one attached hydrogen (secondary N) is 2. The molecule has 176 valence electrons. The lowest BCUT2D eigenvalue weighted by Crippen LogP contribution is -2.42. The van der Waals surface area contributed by atoms with E-state index in [1.165, 1.54) is 25.0 Å². The number of halogens is 1. The van der Waals surface area contributed by atoms with Gasteiger partial charge in [0, 0.05) is 42.7 Å². The average molecular weight is 471 g/mol. The second-order valence-corrected chi connectivity index (χ2v) is 11.4. The highest BCUT2D eigenvalue weighted by Crippen LogP contribution is 2.34. The van der Waals surface area contributed by atoms with Gasteiger partial charge in [0.25, 0.3) is 0 Å². The number of nitrogens with zero attached hydrogens (tertiary/aromatic N) is 2. The smallest absolute Gasteiger partial charge is 0.215 e. The molecule has 2 N–H and O–H groups in total. The molecule has 3 aromatic rings. The van der Waals surface area contributed by atoms with Crippen molar-refractivity contribution in [2.24, 2.45) is 0 Å². The maximum Gasteiger partial charge on any atom is 0.215 e. The number of sulfonamides is 1. The number of fused-ring (bicyclic) bond motifs is 1. The average Bonchev–Trinajstić information content (AvgIpc) is 3.48. The molecule has 2 aliphatic rings. The molecule has 0 amide bonds. The van der Waals surface area contributed by atoms with E-state index in [9.17, 15) is 12.8 Å². The molecule has 6 nitrogen and oxygen atoms in total. The van der Waals surface area contributed by atoms with Crippen molar-refractivity contribution in [1.82, 2.24) is 19.8 Å². The van der Waals surface area contributed by atoms with Crippen LogP contribution in [-0.2, 0) is 10.0 Å². The summed E-state index contributed by atoms with van der Waals surface area (Å²) in [6.07, 6.45) is 6.32. The van der Waals surface area contributed by atoms with Crippen molar-refractivity contribution >= 4 is 20.9 Å². The Kier molecular flexibility index (Phi) is 6.49. The highest BCUT2D eigenvalue weighted by molar-refractivity contribution is 7.89. The zero-order chi connectivity index (χ0) is 22.8. The number of benzene rings is 2. The standard InChI is InChI=1S/C25H31FN4O2S/c26-21-5-3-4-19(16-21)20-8-9-24-23(17-20)25(29-28-24)18-10-13-30(14-11-18)33(31,32)15-12-27-22-6-1-2-7-22/h3-5,8-9,16-18,22,27H,1-2,6-7,10-15H2,(H,28,29). The Morgan fingerprint density at radius 3 is 2.55 bits per heavy atom. The van der Waals surface area contributed by atoms with Crippen molar-refractivity contribution in [2.45, 2.75) is 50.5 Å². The normalized spacial score (nSPS) is 18.9. The van der Waals surface area contributed by atoms with Gasteiger partial charge in [-0.1, -0.05) is 31.0 Å². The summed E-state index contributed by atoms with van der Waals surface area (Å²) in [6.45, 7) is 1.59. The molecule has 5 rings (SSSR count). The number of aromatic nitrogens is 2. The number of H-pyrrole nitrogens is 1. The third-order valence-electron chi connectivity index (χ3n) is 7.15. The number of piperidine rings is 1. The summed E-state index contributed by atoms with van der Waals surface area (Å²) in [6, 6.07) is 13.0. The molecule has 1 saturated heterocycles. The number of hydrogen-bond acceptors (Lipinski definition) is 4. The van der Waals surface area contributed by atoms with Gasteiger partial charge >= 0.3 is 0 Å². The Balaban J connectivity index is 1.25. The summed E-state index contributed by atoms with van der Waals surface area (Å²) in [7, 11) is -3.25. The predicted octanol–water partition coefficient (Wildman–Crippen LogP) is 4.41. The van der Waals surface area contributed by atoms with Crippen LogP contribution in [0.15, 0.2) is 42.5 Å². The Labute approximate surface area is 194 Å². The molecule has 2 heterocycles. The minimum absolute atomic E-state index is 0.165. The van der Waals surface area contributed by atoms with Crippen LogP contribution in [0.2, 0.25) is 0 Å². The second-order valence-electron chi connectivity index (χ2n) is 9.30. The third kappa shape index (κ3) is 4.98. The first-order chi connectivity index (χ1) is 16.0. The first-order valence-electron chi connectivity index (χ1n) is 11.9. The van der Waals surface area contributed by atoms with Crippen molar-refractivity contribution in [3.8, 4) is 11.1 Å². The molecule has 2 aromatic carbocycles. The van der Waals surface area contributed by atoms with Gasteiger partial charge in [-0.3, -0.25) is 5.10 Å². The van der Waals surface area contributed by atoms with Crippen LogP contribution in [-0.4, -0.2) is 54.3 Å². The van der Waals surface area contributed by atoms with Gasteiger partial charge in [-0.25, -0.2) is 17.1 Å². The molecule has 1 aliphatic carbocycles. The molecule has 0 unspecified atom stereocenters. The third-order valence-corrected chi connectivity index (χ3v) is 9.02. The highest BCUT2D eigenvalue weighted by Gasteiger charge is 2.30. The van der Waals surface area contributed by atoms with E-state index in [1.807, 2.05) is 18.2 Å². The number of aromatic amines is 1. The fourth-order valence-electron chi connectivity index (χ4n) is 5.26. The van der Waals surface area contributed by atoms with E-state index in [0.29, 0.717) is 25.7 Å². The lowest BCUT2D eigenvalue weighted by molar-refractivity contribution is 0.317. The maximum absolute atomic E-state index is 13.7. The maximum atomic E-state index is 13.7.